The van der Waals surface area contributed by atoms with Gasteiger partial charge in [0.2, 0.25) is 11.8 Å². The number of amides is 2. The second kappa shape index (κ2) is 14.8. The van der Waals surface area contributed by atoms with Crippen LogP contribution in [0, 0.1) is 13.8 Å². The van der Waals surface area contributed by atoms with Crippen LogP contribution in [-0.2, 0) is 32.6 Å². The van der Waals surface area contributed by atoms with E-state index in [2.05, 4.69) is 5.32 Å². The van der Waals surface area contributed by atoms with Gasteiger partial charge in [-0.05, 0) is 73.9 Å². The first-order valence-corrected chi connectivity index (χ1v) is 16.4. The number of likely N-dealkylation sites (N-methyl/N-ethyl adjacent to an activating group) is 1. The molecule has 230 valence electrons. The van der Waals surface area contributed by atoms with Crippen LogP contribution in [-0.4, -0.2) is 44.3 Å². The number of carbonyl (C=O) groups excluding carboxylic acids is 2. The summed E-state index contributed by atoms with van der Waals surface area (Å²) in [6.45, 7) is 5.28. The summed E-state index contributed by atoms with van der Waals surface area (Å²) in [4.78, 5) is 29.5. The highest BCUT2D eigenvalue weighted by Gasteiger charge is 2.34. The van der Waals surface area contributed by atoms with E-state index in [1.165, 1.54) is 17.0 Å². The molecule has 0 spiro atoms. The largest absolute Gasteiger partial charge is 0.355 e. The predicted octanol–water partition coefficient (Wildman–Crippen LogP) is 6.58. The van der Waals surface area contributed by atoms with Crippen molar-refractivity contribution in [2.75, 3.05) is 17.4 Å². The maximum absolute atomic E-state index is 14.4. The molecule has 0 aliphatic carbocycles. The molecule has 4 aromatic rings. The molecule has 0 bridgehead atoms. The SMILES string of the molecule is CCNC(=O)C(Cc1ccccc1)N(Cc1ccc(Cl)cc1Cl)C(=O)CN(c1cccc(C)c1)S(=O)(=O)c1ccc(C)cc1. The minimum Gasteiger partial charge on any atom is -0.355 e. The molecule has 4 aromatic carbocycles. The number of carbonyl (C=O) groups is 2. The smallest absolute Gasteiger partial charge is 0.264 e. The third-order valence-corrected chi connectivity index (χ3v) is 9.53. The zero-order chi connectivity index (χ0) is 31.9. The summed E-state index contributed by atoms with van der Waals surface area (Å²) in [7, 11) is -4.18. The standard InChI is InChI=1S/C34H35Cl2N3O4S/c1-4-37-34(41)32(20-26-10-6-5-7-11-26)38(22-27-15-16-28(35)21-31(27)36)33(40)23-39(29-12-8-9-25(3)19-29)44(42,43)30-17-13-24(2)14-18-30/h5-19,21,32H,4,20,22-23H2,1-3H3,(H,37,41). The van der Waals surface area contributed by atoms with Crippen LogP contribution in [0.25, 0.3) is 0 Å². The fourth-order valence-electron chi connectivity index (χ4n) is 4.83. The zero-order valence-corrected chi connectivity index (χ0v) is 27.2. The Bertz CT molecular complexity index is 1710. The number of sulfonamides is 1. The van der Waals surface area contributed by atoms with Crippen molar-refractivity contribution in [3.8, 4) is 0 Å². The van der Waals surface area contributed by atoms with Gasteiger partial charge in [0.15, 0.2) is 0 Å². The van der Waals surface area contributed by atoms with Crippen LogP contribution < -0.4 is 9.62 Å². The molecule has 0 aliphatic heterocycles. The zero-order valence-electron chi connectivity index (χ0n) is 24.8. The van der Waals surface area contributed by atoms with Crippen molar-refractivity contribution < 1.29 is 18.0 Å². The average Bonchev–Trinajstić information content (AvgIpc) is 2.99. The molecule has 7 nitrogen and oxygen atoms in total. The van der Waals surface area contributed by atoms with Crippen molar-refractivity contribution in [3.63, 3.8) is 0 Å². The number of nitrogens with zero attached hydrogens (tertiary/aromatic N) is 2. The first kappa shape index (κ1) is 33.1. The normalized spacial score (nSPS) is 11.9. The van der Waals surface area contributed by atoms with Gasteiger partial charge in [-0.3, -0.25) is 13.9 Å². The third-order valence-electron chi connectivity index (χ3n) is 7.16. The molecule has 0 radical (unpaired) electrons. The van der Waals surface area contributed by atoms with Gasteiger partial charge < -0.3 is 10.2 Å². The molecule has 0 saturated heterocycles. The number of anilines is 1. The van der Waals surface area contributed by atoms with Gasteiger partial charge in [0.25, 0.3) is 10.0 Å². The summed E-state index contributed by atoms with van der Waals surface area (Å²) in [5.74, 6) is -0.932. The molecular formula is C34H35Cl2N3O4S. The summed E-state index contributed by atoms with van der Waals surface area (Å²) in [5, 5.41) is 3.60. The lowest BCUT2D eigenvalue weighted by Gasteiger charge is -2.34. The quantitative estimate of drug-likeness (QED) is 0.187. The van der Waals surface area contributed by atoms with Crippen LogP contribution in [0.2, 0.25) is 10.0 Å². The van der Waals surface area contributed by atoms with Crippen LogP contribution in [0.3, 0.4) is 0 Å². The van der Waals surface area contributed by atoms with Crippen LogP contribution in [0.1, 0.15) is 29.2 Å². The van der Waals surface area contributed by atoms with Crippen molar-refractivity contribution in [2.24, 2.45) is 0 Å². The summed E-state index contributed by atoms with van der Waals surface area (Å²) >= 11 is 12.7. The Hall–Kier alpha value is -3.85. The maximum Gasteiger partial charge on any atom is 0.264 e. The van der Waals surface area contributed by atoms with E-state index in [-0.39, 0.29) is 23.8 Å². The Labute approximate surface area is 269 Å². The summed E-state index contributed by atoms with van der Waals surface area (Å²) < 4.78 is 29.3. The molecule has 1 atom stereocenters. The van der Waals surface area contributed by atoms with E-state index < -0.39 is 28.5 Å². The van der Waals surface area contributed by atoms with Crippen LogP contribution in [0.5, 0.6) is 0 Å². The van der Waals surface area contributed by atoms with Crippen molar-refractivity contribution in [3.05, 3.63) is 129 Å². The third kappa shape index (κ3) is 8.20. The van der Waals surface area contributed by atoms with E-state index in [9.17, 15) is 18.0 Å². The average molecular weight is 653 g/mol. The second-order valence-corrected chi connectivity index (χ2v) is 13.2. The van der Waals surface area contributed by atoms with E-state index in [0.29, 0.717) is 27.8 Å². The minimum atomic E-state index is -4.18. The van der Waals surface area contributed by atoms with E-state index >= 15 is 0 Å². The summed E-state index contributed by atoms with van der Waals surface area (Å²) in [5.41, 5.74) is 3.47. The molecule has 0 fully saturated rings. The van der Waals surface area contributed by atoms with Crippen molar-refractivity contribution in [1.82, 2.24) is 10.2 Å². The summed E-state index contributed by atoms with van der Waals surface area (Å²) in [6.07, 6.45) is 0.207. The topological polar surface area (TPSA) is 86.8 Å². The lowest BCUT2D eigenvalue weighted by atomic mass is 10.0. The molecule has 0 saturated carbocycles. The highest BCUT2D eigenvalue weighted by Crippen LogP contribution is 2.28. The first-order chi connectivity index (χ1) is 21.0. The number of benzene rings is 4. The maximum atomic E-state index is 14.4. The molecule has 4 rings (SSSR count). The van der Waals surface area contributed by atoms with Gasteiger partial charge in [0, 0.05) is 29.6 Å². The van der Waals surface area contributed by atoms with Crippen LogP contribution in [0.15, 0.2) is 102 Å². The predicted molar refractivity (Wildman–Crippen MR) is 177 cm³/mol. The number of rotatable bonds is 12. The number of halogens is 2. The Balaban J connectivity index is 1.82. The van der Waals surface area contributed by atoms with E-state index in [0.717, 1.165) is 21.0 Å². The molecule has 0 aliphatic rings. The molecule has 1 unspecified atom stereocenters. The van der Waals surface area contributed by atoms with Crippen molar-refractivity contribution in [2.45, 2.75) is 44.7 Å². The van der Waals surface area contributed by atoms with Crippen molar-refractivity contribution >= 4 is 50.7 Å². The van der Waals surface area contributed by atoms with Gasteiger partial charge in [-0.15, -0.1) is 0 Å². The van der Waals surface area contributed by atoms with Gasteiger partial charge in [-0.1, -0.05) is 89.4 Å². The highest BCUT2D eigenvalue weighted by atomic mass is 35.5. The first-order valence-electron chi connectivity index (χ1n) is 14.2. The monoisotopic (exact) mass is 651 g/mol. The molecule has 44 heavy (non-hydrogen) atoms. The molecule has 0 heterocycles. The van der Waals surface area contributed by atoms with E-state index in [4.69, 9.17) is 23.2 Å². The molecule has 0 aromatic heterocycles. The van der Waals surface area contributed by atoms with Crippen molar-refractivity contribution in [1.29, 1.82) is 0 Å². The Kier molecular flexibility index (Phi) is 11.1. The second-order valence-electron chi connectivity index (χ2n) is 10.5. The minimum absolute atomic E-state index is 0.0459. The van der Waals surface area contributed by atoms with E-state index in [1.54, 1.807) is 55.5 Å². The Morgan fingerprint density at radius 2 is 1.55 bits per heavy atom. The van der Waals surface area contributed by atoms with E-state index in [1.807, 2.05) is 50.2 Å². The number of hydrogen-bond acceptors (Lipinski definition) is 4. The van der Waals surface area contributed by atoms with Gasteiger partial charge in [0.1, 0.15) is 12.6 Å². The fourth-order valence-corrected chi connectivity index (χ4v) is 6.70. The molecule has 2 amide bonds. The van der Waals surface area contributed by atoms with Crippen LogP contribution in [0.4, 0.5) is 5.69 Å². The molecule has 10 heteroatoms. The molecular weight excluding hydrogens is 617 g/mol. The highest BCUT2D eigenvalue weighted by molar-refractivity contribution is 7.92. The Morgan fingerprint density at radius 3 is 2.18 bits per heavy atom. The van der Waals surface area contributed by atoms with Gasteiger partial charge in [-0.25, -0.2) is 8.42 Å². The summed E-state index contributed by atoms with van der Waals surface area (Å²) in [6, 6.07) is 26.7. The van der Waals surface area contributed by atoms with Gasteiger partial charge >= 0.3 is 0 Å². The fraction of sp³-hybridized carbons (Fsp3) is 0.235. The lowest BCUT2D eigenvalue weighted by Crippen LogP contribution is -2.53. The number of hydrogen-bond donors (Lipinski definition) is 1. The number of aryl methyl sites for hydroxylation is 2. The van der Waals surface area contributed by atoms with Gasteiger partial charge in [0.05, 0.1) is 10.6 Å². The van der Waals surface area contributed by atoms with Gasteiger partial charge in [-0.2, -0.15) is 0 Å². The van der Waals surface area contributed by atoms with Crippen LogP contribution >= 0.6 is 23.2 Å². The number of nitrogens with one attached hydrogen (secondary N) is 1. The Morgan fingerprint density at radius 1 is 0.841 bits per heavy atom. The molecule has 1 N–H and O–H groups in total. The lowest BCUT2D eigenvalue weighted by molar-refractivity contribution is -0.140.